The first-order chi connectivity index (χ1) is 20.5. The first kappa shape index (κ1) is 32.4. The highest BCUT2D eigenvalue weighted by Gasteiger charge is 2.33. The molecule has 0 bridgehead atoms. The first-order valence-corrected chi connectivity index (χ1v) is 16.1. The molecule has 0 heterocycles. The van der Waals surface area contributed by atoms with E-state index in [2.05, 4.69) is 5.32 Å². The zero-order chi connectivity index (χ0) is 31.1. The monoisotopic (exact) mass is 647 g/mol. The van der Waals surface area contributed by atoms with Crippen LogP contribution in [0.1, 0.15) is 38.2 Å². The second-order valence-electron chi connectivity index (χ2n) is 10.3. The van der Waals surface area contributed by atoms with Crippen LogP contribution in [0.25, 0.3) is 0 Å². The molecule has 1 aliphatic rings. The maximum atomic E-state index is 14.1. The molecule has 3 aromatic carbocycles. The van der Waals surface area contributed by atoms with Crippen molar-refractivity contribution in [3.63, 3.8) is 0 Å². The highest BCUT2D eigenvalue weighted by molar-refractivity contribution is 7.92. The molecule has 230 valence electrons. The second-order valence-corrected chi connectivity index (χ2v) is 13.0. The van der Waals surface area contributed by atoms with Crippen LogP contribution < -0.4 is 19.1 Å². The molecule has 1 aliphatic carbocycles. The van der Waals surface area contributed by atoms with Crippen LogP contribution in [0.3, 0.4) is 0 Å². The van der Waals surface area contributed by atoms with Crippen molar-refractivity contribution >= 4 is 50.7 Å². The number of nitrogens with one attached hydrogen (secondary N) is 1. The minimum absolute atomic E-state index is 0.00795. The molecule has 1 N–H and O–H groups in total. The molecule has 3 aromatic rings. The largest absolute Gasteiger partial charge is 0.493 e. The minimum Gasteiger partial charge on any atom is -0.493 e. The smallest absolute Gasteiger partial charge is 0.264 e. The standard InChI is InChI=1S/C31H35Cl2N3O6S/c1-21(31(38)34-23-9-7-8-10-23)35(19-22-13-15-26(32)27(33)17-22)30(37)20-36(24-11-5-4-6-12-24)43(39,40)25-14-16-28(41-2)29(18-25)42-3/h4-6,11-18,21,23H,7-10,19-20H2,1-3H3,(H,34,38)/t21-/m0/s1. The van der Waals surface area contributed by atoms with Crippen molar-refractivity contribution in [2.45, 2.75) is 56.1 Å². The molecule has 2 amide bonds. The molecule has 0 radical (unpaired) electrons. The van der Waals surface area contributed by atoms with E-state index in [1.165, 1.54) is 37.3 Å². The lowest BCUT2D eigenvalue weighted by Crippen LogP contribution is -2.52. The van der Waals surface area contributed by atoms with Gasteiger partial charge in [-0.2, -0.15) is 0 Å². The Balaban J connectivity index is 1.70. The molecule has 1 atom stereocenters. The highest BCUT2D eigenvalue weighted by Crippen LogP contribution is 2.32. The summed E-state index contributed by atoms with van der Waals surface area (Å²) in [7, 11) is -1.42. The number of hydrogen-bond donors (Lipinski definition) is 1. The van der Waals surface area contributed by atoms with Gasteiger partial charge in [0.2, 0.25) is 11.8 Å². The van der Waals surface area contributed by atoms with Gasteiger partial charge in [-0.25, -0.2) is 8.42 Å². The second kappa shape index (κ2) is 14.3. The molecule has 0 aliphatic heterocycles. The summed E-state index contributed by atoms with van der Waals surface area (Å²) in [5, 5.41) is 3.70. The number of methoxy groups -OCH3 is 2. The van der Waals surface area contributed by atoms with Crippen LogP contribution in [0.15, 0.2) is 71.6 Å². The summed E-state index contributed by atoms with van der Waals surface area (Å²) in [5.41, 5.74) is 0.917. The number of carbonyl (C=O) groups excluding carboxylic acids is 2. The molecule has 0 unspecified atom stereocenters. The van der Waals surface area contributed by atoms with Gasteiger partial charge in [-0.1, -0.05) is 60.3 Å². The number of ether oxygens (including phenoxy) is 2. The molecule has 0 aromatic heterocycles. The van der Waals surface area contributed by atoms with Gasteiger partial charge in [0.05, 0.1) is 34.8 Å². The third-order valence-corrected chi connectivity index (χ3v) is 9.98. The van der Waals surface area contributed by atoms with Crippen molar-refractivity contribution in [1.82, 2.24) is 10.2 Å². The van der Waals surface area contributed by atoms with Gasteiger partial charge in [-0.05, 0) is 61.7 Å². The summed E-state index contributed by atoms with van der Waals surface area (Å²) < 4.78 is 39.8. The van der Waals surface area contributed by atoms with Crippen LogP contribution in [0.2, 0.25) is 10.0 Å². The van der Waals surface area contributed by atoms with E-state index < -0.39 is 28.5 Å². The van der Waals surface area contributed by atoms with Gasteiger partial charge in [0, 0.05) is 18.7 Å². The predicted octanol–water partition coefficient (Wildman–Crippen LogP) is 5.68. The normalized spacial score (nSPS) is 14.2. The van der Waals surface area contributed by atoms with E-state index in [-0.39, 0.29) is 34.8 Å². The molecule has 43 heavy (non-hydrogen) atoms. The number of sulfonamides is 1. The summed E-state index contributed by atoms with van der Waals surface area (Å²) >= 11 is 12.4. The Morgan fingerprint density at radius 1 is 0.930 bits per heavy atom. The van der Waals surface area contributed by atoms with Crippen molar-refractivity contribution in [3.8, 4) is 11.5 Å². The fourth-order valence-corrected chi connectivity index (χ4v) is 6.79. The lowest BCUT2D eigenvalue weighted by Gasteiger charge is -2.32. The summed E-state index contributed by atoms with van der Waals surface area (Å²) in [6.07, 6.45) is 3.83. The van der Waals surface area contributed by atoms with Gasteiger partial charge in [0.15, 0.2) is 11.5 Å². The van der Waals surface area contributed by atoms with Crippen molar-refractivity contribution in [1.29, 1.82) is 0 Å². The lowest BCUT2D eigenvalue weighted by molar-refractivity contribution is -0.139. The number of halogens is 2. The van der Waals surface area contributed by atoms with Crippen molar-refractivity contribution in [2.24, 2.45) is 0 Å². The minimum atomic E-state index is -4.28. The Morgan fingerprint density at radius 2 is 1.60 bits per heavy atom. The third-order valence-electron chi connectivity index (χ3n) is 7.47. The zero-order valence-corrected chi connectivity index (χ0v) is 26.6. The average Bonchev–Trinajstić information content (AvgIpc) is 3.52. The fraction of sp³-hybridized carbons (Fsp3) is 0.355. The van der Waals surface area contributed by atoms with Gasteiger partial charge < -0.3 is 19.7 Å². The number of benzene rings is 3. The Morgan fingerprint density at radius 3 is 2.23 bits per heavy atom. The van der Waals surface area contributed by atoms with Crippen molar-refractivity contribution in [2.75, 3.05) is 25.1 Å². The molecular formula is C31H35Cl2N3O6S. The van der Waals surface area contributed by atoms with Crippen molar-refractivity contribution < 1.29 is 27.5 Å². The van der Waals surface area contributed by atoms with E-state index in [0.717, 1.165) is 30.0 Å². The van der Waals surface area contributed by atoms with E-state index in [1.54, 1.807) is 55.5 Å². The maximum absolute atomic E-state index is 14.1. The molecule has 0 spiro atoms. The highest BCUT2D eigenvalue weighted by atomic mass is 35.5. The number of hydrogen-bond acceptors (Lipinski definition) is 6. The number of carbonyl (C=O) groups is 2. The summed E-state index contributed by atoms with van der Waals surface area (Å²) in [6.45, 7) is 1.08. The molecule has 0 saturated heterocycles. The van der Waals surface area contributed by atoms with E-state index in [4.69, 9.17) is 32.7 Å². The Labute approximate surface area is 262 Å². The quantitative estimate of drug-likeness (QED) is 0.271. The molecule has 4 rings (SSSR count). The topological polar surface area (TPSA) is 105 Å². The third kappa shape index (κ3) is 7.74. The molecular weight excluding hydrogens is 613 g/mol. The van der Waals surface area contributed by atoms with Crippen LogP contribution in [-0.4, -0.2) is 58.0 Å². The fourth-order valence-electron chi connectivity index (χ4n) is 5.04. The van der Waals surface area contributed by atoms with E-state index in [1.807, 2.05) is 0 Å². The summed E-state index contributed by atoms with van der Waals surface area (Å²) in [6, 6.07) is 16.6. The Kier molecular flexibility index (Phi) is 10.8. The first-order valence-electron chi connectivity index (χ1n) is 13.9. The van der Waals surface area contributed by atoms with Gasteiger partial charge >= 0.3 is 0 Å². The van der Waals surface area contributed by atoms with E-state index in [9.17, 15) is 18.0 Å². The van der Waals surface area contributed by atoms with Gasteiger partial charge in [-0.3, -0.25) is 13.9 Å². The summed E-state index contributed by atoms with van der Waals surface area (Å²) in [5.74, 6) is -0.303. The van der Waals surface area contributed by atoms with Crippen LogP contribution in [-0.2, 0) is 26.2 Å². The number of para-hydroxylation sites is 1. The van der Waals surface area contributed by atoms with Gasteiger partial charge in [-0.15, -0.1) is 0 Å². The van der Waals surface area contributed by atoms with Gasteiger partial charge in [0.25, 0.3) is 10.0 Å². The average molecular weight is 649 g/mol. The number of nitrogens with zero attached hydrogens (tertiary/aromatic N) is 2. The maximum Gasteiger partial charge on any atom is 0.264 e. The van der Waals surface area contributed by atoms with Crippen molar-refractivity contribution in [3.05, 3.63) is 82.3 Å². The lowest BCUT2D eigenvalue weighted by atomic mass is 10.1. The van der Waals surface area contributed by atoms with Crippen LogP contribution >= 0.6 is 23.2 Å². The number of rotatable bonds is 12. The number of amides is 2. The molecule has 9 nitrogen and oxygen atoms in total. The predicted molar refractivity (Wildman–Crippen MR) is 167 cm³/mol. The van der Waals surface area contributed by atoms with Crippen LogP contribution in [0, 0.1) is 0 Å². The SMILES string of the molecule is COc1ccc(S(=O)(=O)N(CC(=O)N(Cc2ccc(Cl)c(Cl)c2)[C@@H](C)C(=O)NC2CCCC2)c2ccccc2)cc1OC. The Hall–Kier alpha value is -3.47. The molecule has 1 saturated carbocycles. The van der Waals surface area contributed by atoms with E-state index in [0.29, 0.717) is 21.4 Å². The zero-order valence-electron chi connectivity index (χ0n) is 24.3. The number of anilines is 1. The van der Waals surface area contributed by atoms with Crippen LogP contribution in [0.5, 0.6) is 11.5 Å². The Bertz CT molecular complexity index is 1550. The molecule has 1 fully saturated rings. The summed E-state index contributed by atoms with van der Waals surface area (Å²) in [4.78, 5) is 28.7. The van der Waals surface area contributed by atoms with E-state index >= 15 is 0 Å². The van der Waals surface area contributed by atoms with Gasteiger partial charge in [0.1, 0.15) is 12.6 Å². The molecule has 12 heteroatoms. The van der Waals surface area contributed by atoms with Crippen LogP contribution in [0.4, 0.5) is 5.69 Å².